The Morgan fingerprint density at radius 1 is 0.944 bits per heavy atom. The SMILES string of the molecule is COC(=O)c1ccccc1C1=c2cc3c4c(c2Oc2c1ccc1cccc(O)c21)CCC[N+]=4CCC3. The molecule has 178 valence electrons. The fourth-order valence-corrected chi connectivity index (χ4v) is 6.29. The molecule has 4 aromatic rings. The van der Waals surface area contributed by atoms with E-state index in [2.05, 4.69) is 10.6 Å². The zero-order chi connectivity index (χ0) is 24.4. The number of phenolic OH excluding ortho intramolecular Hbond substituents is 1. The lowest BCUT2D eigenvalue weighted by Crippen LogP contribution is -2.45. The lowest BCUT2D eigenvalue weighted by atomic mass is 9.85. The Kier molecular flexibility index (Phi) is 4.68. The maximum Gasteiger partial charge on any atom is 0.338 e. The van der Waals surface area contributed by atoms with E-state index in [0.717, 1.165) is 71.8 Å². The Bertz CT molecular complexity index is 1730. The second-order valence-corrected chi connectivity index (χ2v) is 9.77. The molecule has 0 atom stereocenters. The summed E-state index contributed by atoms with van der Waals surface area (Å²) in [7, 11) is 1.41. The van der Waals surface area contributed by atoms with Gasteiger partial charge in [-0.2, -0.15) is 0 Å². The van der Waals surface area contributed by atoms with Crippen LogP contribution in [0, 0.1) is 0 Å². The van der Waals surface area contributed by atoms with Crippen LogP contribution in [-0.4, -0.2) is 31.3 Å². The molecule has 0 bridgehead atoms. The third kappa shape index (κ3) is 2.95. The van der Waals surface area contributed by atoms with Crippen LogP contribution in [0.25, 0.3) is 16.3 Å². The Labute approximate surface area is 208 Å². The van der Waals surface area contributed by atoms with E-state index in [-0.39, 0.29) is 11.7 Å². The molecule has 0 fully saturated rings. The number of aromatic hydroxyl groups is 1. The molecular weight excluding hydrogens is 450 g/mol. The first-order valence-corrected chi connectivity index (χ1v) is 12.6. The zero-order valence-electron chi connectivity index (χ0n) is 20.1. The monoisotopic (exact) mass is 476 g/mol. The second-order valence-electron chi connectivity index (χ2n) is 9.77. The van der Waals surface area contributed by atoms with Crippen molar-refractivity contribution in [2.24, 2.45) is 0 Å². The van der Waals surface area contributed by atoms with E-state index in [1.54, 1.807) is 6.07 Å². The molecule has 3 aliphatic rings. The summed E-state index contributed by atoms with van der Waals surface area (Å²) in [6, 6.07) is 19.4. The largest absolute Gasteiger partial charge is 0.507 e. The molecule has 0 amide bonds. The van der Waals surface area contributed by atoms with Crippen LogP contribution in [0.1, 0.15) is 45.5 Å². The minimum absolute atomic E-state index is 0.182. The van der Waals surface area contributed by atoms with Crippen molar-refractivity contribution in [2.45, 2.75) is 25.7 Å². The fourth-order valence-electron chi connectivity index (χ4n) is 6.29. The molecule has 7 rings (SSSR count). The molecule has 3 heterocycles. The van der Waals surface area contributed by atoms with E-state index in [9.17, 15) is 9.90 Å². The summed E-state index contributed by atoms with van der Waals surface area (Å²) >= 11 is 0. The summed E-state index contributed by atoms with van der Waals surface area (Å²) in [4.78, 5) is 12.9. The highest BCUT2D eigenvalue weighted by Gasteiger charge is 2.33. The van der Waals surface area contributed by atoms with Crippen molar-refractivity contribution in [2.75, 3.05) is 20.2 Å². The molecule has 0 saturated heterocycles. The van der Waals surface area contributed by atoms with Gasteiger partial charge >= 0.3 is 5.97 Å². The van der Waals surface area contributed by atoms with Crippen molar-refractivity contribution in [1.82, 2.24) is 4.58 Å². The molecule has 3 aliphatic heterocycles. The maximum atomic E-state index is 12.9. The Morgan fingerprint density at radius 2 is 1.78 bits per heavy atom. The number of rotatable bonds is 2. The summed E-state index contributed by atoms with van der Waals surface area (Å²) in [5.41, 5.74) is 5.71. The van der Waals surface area contributed by atoms with Crippen molar-refractivity contribution < 1.29 is 19.4 Å². The number of phenols is 1. The number of aryl methyl sites for hydroxylation is 1. The van der Waals surface area contributed by atoms with Gasteiger partial charge < -0.3 is 14.6 Å². The molecule has 0 radical (unpaired) electrons. The number of carbonyl (C=O) groups is 1. The summed E-state index contributed by atoms with van der Waals surface area (Å²) in [5.74, 6) is 1.29. The van der Waals surface area contributed by atoms with Gasteiger partial charge in [0.15, 0.2) is 0 Å². The maximum absolute atomic E-state index is 12.9. The first-order valence-electron chi connectivity index (χ1n) is 12.6. The first kappa shape index (κ1) is 21.2. The first-order chi connectivity index (χ1) is 17.7. The van der Waals surface area contributed by atoms with Crippen molar-refractivity contribution in [3.05, 3.63) is 99.1 Å². The Balaban J connectivity index is 1.69. The summed E-state index contributed by atoms with van der Waals surface area (Å²) < 4.78 is 14.5. The predicted molar refractivity (Wildman–Crippen MR) is 138 cm³/mol. The molecule has 5 nitrogen and oxygen atoms in total. The van der Waals surface area contributed by atoms with Gasteiger partial charge in [0.1, 0.15) is 30.3 Å². The van der Waals surface area contributed by atoms with Crippen LogP contribution in [0.3, 0.4) is 0 Å². The number of hydrogen-bond donors (Lipinski definition) is 1. The van der Waals surface area contributed by atoms with Crippen LogP contribution >= 0.6 is 0 Å². The van der Waals surface area contributed by atoms with Gasteiger partial charge in [-0.3, -0.25) is 0 Å². The molecule has 0 aromatic heterocycles. The highest BCUT2D eigenvalue weighted by Crippen LogP contribution is 2.45. The minimum atomic E-state index is -0.373. The van der Waals surface area contributed by atoms with Crippen LogP contribution in [0.5, 0.6) is 17.2 Å². The van der Waals surface area contributed by atoms with Gasteiger partial charge in [-0.1, -0.05) is 36.4 Å². The molecule has 0 spiro atoms. The molecular formula is C31H26NO4+. The zero-order valence-corrected chi connectivity index (χ0v) is 20.1. The summed E-state index contributed by atoms with van der Waals surface area (Å²) in [6.45, 7) is 2.14. The smallest absolute Gasteiger partial charge is 0.338 e. The van der Waals surface area contributed by atoms with E-state index in [4.69, 9.17) is 9.47 Å². The van der Waals surface area contributed by atoms with Gasteiger partial charge in [0.05, 0.1) is 23.6 Å². The third-order valence-electron chi connectivity index (χ3n) is 7.79. The average Bonchev–Trinajstić information content (AvgIpc) is 2.92. The van der Waals surface area contributed by atoms with E-state index in [0.29, 0.717) is 16.7 Å². The number of methoxy groups -OCH3 is 1. The normalized spacial score (nSPS) is 15.6. The quantitative estimate of drug-likeness (QED) is 0.308. The van der Waals surface area contributed by atoms with E-state index in [1.807, 2.05) is 48.5 Å². The van der Waals surface area contributed by atoms with Gasteiger partial charge in [0.25, 0.3) is 0 Å². The van der Waals surface area contributed by atoms with Crippen LogP contribution in [0.4, 0.5) is 0 Å². The number of benzene rings is 4. The minimum Gasteiger partial charge on any atom is -0.507 e. The molecule has 36 heavy (non-hydrogen) atoms. The van der Waals surface area contributed by atoms with Gasteiger partial charge in [-0.25, -0.2) is 9.37 Å². The van der Waals surface area contributed by atoms with Crippen LogP contribution in [-0.2, 0) is 17.6 Å². The highest BCUT2D eigenvalue weighted by atomic mass is 16.5. The molecule has 4 aromatic carbocycles. The highest BCUT2D eigenvalue weighted by molar-refractivity contribution is 6.04. The standard InChI is InChI=1S/C31H25NO4/c1-35-31(34)21-10-3-2-9-20(21)27-22-14-13-18-7-4-12-25(33)26(18)30(22)36-29-23-11-6-16-32-15-5-8-19(28(23)32)17-24(27)29/h2-4,7,9-10,12-14,17H,5-6,8,11,15-16H2,1H3/p+1. The Morgan fingerprint density at radius 3 is 2.64 bits per heavy atom. The number of ether oxygens (including phenoxy) is 2. The fraction of sp³-hybridized carbons (Fsp3) is 0.226. The number of carbonyl (C=O) groups excluding carboxylic acids is 1. The average molecular weight is 477 g/mol. The molecule has 0 aliphatic carbocycles. The predicted octanol–water partition coefficient (Wildman–Crippen LogP) is 4.07. The van der Waals surface area contributed by atoms with Crippen molar-refractivity contribution in [3.8, 4) is 17.2 Å². The number of nitrogens with zero attached hydrogens (tertiary/aromatic N) is 1. The van der Waals surface area contributed by atoms with Crippen molar-refractivity contribution in [1.29, 1.82) is 0 Å². The van der Waals surface area contributed by atoms with Crippen LogP contribution in [0.15, 0.2) is 60.7 Å². The lowest BCUT2D eigenvalue weighted by molar-refractivity contribution is 0.0600. The Hall–Kier alpha value is -4.12. The van der Waals surface area contributed by atoms with Gasteiger partial charge in [0.2, 0.25) is 5.36 Å². The second kappa shape index (κ2) is 7.95. The third-order valence-corrected chi connectivity index (χ3v) is 7.79. The summed E-state index contributed by atoms with van der Waals surface area (Å²) in [5, 5.41) is 14.8. The molecule has 1 N–H and O–H groups in total. The number of esters is 1. The summed E-state index contributed by atoms with van der Waals surface area (Å²) in [6.07, 6.45) is 4.19. The topological polar surface area (TPSA) is 58.8 Å². The lowest BCUT2D eigenvalue weighted by Gasteiger charge is -2.27. The molecule has 0 saturated carbocycles. The van der Waals surface area contributed by atoms with Crippen LogP contribution < -0.4 is 19.9 Å². The number of fused-ring (bicyclic) bond motifs is 5. The van der Waals surface area contributed by atoms with E-state index in [1.165, 1.54) is 23.6 Å². The van der Waals surface area contributed by atoms with Crippen LogP contribution in [0.2, 0.25) is 0 Å². The van der Waals surface area contributed by atoms with Crippen molar-refractivity contribution >= 4 is 22.3 Å². The van der Waals surface area contributed by atoms with Gasteiger partial charge in [0, 0.05) is 34.8 Å². The van der Waals surface area contributed by atoms with Gasteiger partial charge in [-0.05, 0) is 48.1 Å². The van der Waals surface area contributed by atoms with E-state index >= 15 is 0 Å². The van der Waals surface area contributed by atoms with Gasteiger partial charge in [-0.15, -0.1) is 0 Å². The number of hydrogen-bond acceptors (Lipinski definition) is 4. The molecule has 0 unspecified atom stereocenters. The van der Waals surface area contributed by atoms with Crippen molar-refractivity contribution in [3.63, 3.8) is 0 Å². The van der Waals surface area contributed by atoms with E-state index < -0.39 is 0 Å². The molecule has 5 heteroatoms.